The number of aryl methyl sites for hydroxylation is 1. The van der Waals surface area contributed by atoms with Crippen molar-refractivity contribution in [2.75, 3.05) is 23.9 Å². The standard InChI is InChI=1S/C29H42N4O4S.ClH/c1-20(2)15-17-31-27(35)10-6-8-22-7-4-5-9-25(22)32-29(37)26(16-18-38-3)33-28(36)24(30)19-21-11-13-23(34)14-12-21;/h4-5,7,9,11-14,20,24,26,34H,6,8,10,15-19,30H2,1-3H3,(H,31,35)(H,32,37)(H,33,36);1H/t24-,26-;/m0./s1. The molecule has 2 aromatic rings. The largest absolute Gasteiger partial charge is 0.508 e. The van der Waals surface area contributed by atoms with Crippen LogP contribution in [0.15, 0.2) is 48.5 Å². The minimum atomic E-state index is -0.830. The van der Waals surface area contributed by atoms with E-state index >= 15 is 0 Å². The van der Waals surface area contributed by atoms with Gasteiger partial charge in [-0.2, -0.15) is 11.8 Å². The number of phenolic OH excluding ortho intramolecular Hbond substituents is 1. The summed E-state index contributed by atoms with van der Waals surface area (Å²) in [5, 5.41) is 18.2. The highest BCUT2D eigenvalue weighted by molar-refractivity contribution is 7.98. The molecule has 2 rings (SSSR count). The SMILES string of the molecule is CSCC[C@H](NC(=O)[C@@H](N)Cc1ccc(O)cc1)C(=O)Nc1ccccc1CCCC(=O)NCCC(C)C.Cl. The van der Waals surface area contributed by atoms with Crippen molar-refractivity contribution in [1.29, 1.82) is 0 Å². The van der Waals surface area contributed by atoms with E-state index < -0.39 is 18.0 Å². The van der Waals surface area contributed by atoms with E-state index in [1.165, 1.54) is 0 Å². The van der Waals surface area contributed by atoms with Crippen LogP contribution >= 0.6 is 24.2 Å². The van der Waals surface area contributed by atoms with Crippen molar-refractivity contribution in [3.8, 4) is 5.75 Å². The van der Waals surface area contributed by atoms with E-state index in [1.807, 2.05) is 30.5 Å². The zero-order valence-electron chi connectivity index (χ0n) is 23.1. The number of benzene rings is 2. The number of amides is 3. The smallest absolute Gasteiger partial charge is 0.246 e. The van der Waals surface area contributed by atoms with E-state index in [9.17, 15) is 19.5 Å². The number of aromatic hydroxyl groups is 1. The molecule has 0 aliphatic rings. The highest BCUT2D eigenvalue weighted by Crippen LogP contribution is 2.19. The van der Waals surface area contributed by atoms with Gasteiger partial charge in [-0.15, -0.1) is 12.4 Å². The third kappa shape index (κ3) is 13.2. The third-order valence-corrected chi connectivity index (χ3v) is 6.79. The van der Waals surface area contributed by atoms with Gasteiger partial charge in [-0.3, -0.25) is 14.4 Å². The van der Waals surface area contributed by atoms with Gasteiger partial charge in [0.1, 0.15) is 11.8 Å². The molecule has 8 nitrogen and oxygen atoms in total. The predicted octanol–water partition coefficient (Wildman–Crippen LogP) is 4.05. The normalized spacial score (nSPS) is 12.2. The second kappa shape index (κ2) is 18.5. The molecule has 3 amide bonds. The number of carbonyl (C=O) groups excluding carboxylic acids is 3. The van der Waals surface area contributed by atoms with E-state index in [1.54, 1.807) is 36.0 Å². The van der Waals surface area contributed by atoms with Gasteiger partial charge in [0, 0.05) is 18.7 Å². The van der Waals surface area contributed by atoms with Crippen LogP contribution in [0.25, 0.3) is 0 Å². The van der Waals surface area contributed by atoms with Gasteiger partial charge in [-0.1, -0.05) is 44.2 Å². The number of hydrogen-bond acceptors (Lipinski definition) is 6. The fraction of sp³-hybridized carbons (Fsp3) is 0.483. The van der Waals surface area contributed by atoms with Gasteiger partial charge in [-0.05, 0) is 79.4 Å². The molecule has 6 N–H and O–H groups in total. The Balaban J connectivity index is 0.00000760. The van der Waals surface area contributed by atoms with Crippen LogP contribution in [0, 0.1) is 5.92 Å². The molecule has 2 aromatic carbocycles. The molecule has 0 heterocycles. The van der Waals surface area contributed by atoms with Crippen LogP contribution in [-0.4, -0.2) is 53.5 Å². The van der Waals surface area contributed by atoms with Gasteiger partial charge in [0.05, 0.1) is 6.04 Å². The maximum absolute atomic E-state index is 13.2. The first-order chi connectivity index (χ1) is 18.2. The molecule has 0 bridgehead atoms. The van der Waals surface area contributed by atoms with Crippen LogP contribution in [0.3, 0.4) is 0 Å². The first kappa shape index (κ1) is 34.3. The second-order valence-corrected chi connectivity index (χ2v) is 10.8. The molecule has 0 saturated carbocycles. The third-order valence-electron chi connectivity index (χ3n) is 6.14. The van der Waals surface area contributed by atoms with E-state index in [4.69, 9.17) is 5.73 Å². The molecule has 0 aliphatic carbocycles. The van der Waals surface area contributed by atoms with Crippen LogP contribution in [0.4, 0.5) is 5.69 Å². The maximum atomic E-state index is 13.2. The number of hydrogen-bond donors (Lipinski definition) is 5. The zero-order valence-corrected chi connectivity index (χ0v) is 24.7. The molecule has 0 unspecified atom stereocenters. The molecular formula is C29H43ClN4O4S. The fourth-order valence-electron chi connectivity index (χ4n) is 3.87. The van der Waals surface area contributed by atoms with Crippen molar-refractivity contribution in [2.45, 2.75) is 64.5 Å². The van der Waals surface area contributed by atoms with Crippen molar-refractivity contribution < 1.29 is 19.5 Å². The molecule has 216 valence electrons. The minimum absolute atomic E-state index is 0. The van der Waals surface area contributed by atoms with Gasteiger partial charge in [0.2, 0.25) is 17.7 Å². The molecule has 0 radical (unpaired) electrons. The van der Waals surface area contributed by atoms with Crippen LogP contribution < -0.4 is 21.7 Å². The molecule has 39 heavy (non-hydrogen) atoms. The molecule has 0 aromatic heterocycles. The lowest BCUT2D eigenvalue weighted by atomic mass is 10.0. The fourth-order valence-corrected chi connectivity index (χ4v) is 4.34. The Kier molecular flexibility index (Phi) is 16.3. The Bertz CT molecular complexity index is 1040. The van der Waals surface area contributed by atoms with Crippen molar-refractivity contribution >= 4 is 47.6 Å². The number of anilines is 1. The average Bonchev–Trinajstić information content (AvgIpc) is 2.88. The lowest BCUT2D eigenvalue weighted by Gasteiger charge is -2.21. The molecule has 2 atom stereocenters. The summed E-state index contributed by atoms with van der Waals surface area (Å²) in [6.45, 7) is 4.94. The van der Waals surface area contributed by atoms with Crippen LogP contribution in [-0.2, 0) is 27.2 Å². The van der Waals surface area contributed by atoms with Crippen molar-refractivity contribution in [3.63, 3.8) is 0 Å². The molecule has 0 fully saturated rings. The number of carbonyl (C=O) groups is 3. The predicted molar refractivity (Wildman–Crippen MR) is 162 cm³/mol. The number of phenols is 1. The second-order valence-electron chi connectivity index (χ2n) is 9.85. The Morgan fingerprint density at radius 3 is 2.36 bits per heavy atom. The van der Waals surface area contributed by atoms with Crippen LogP contribution in [0.1, 0.15) is 50.7 Å². The Morgan fingerprint density at radius 2 is 1.69 bits per heavy atom. The monoisotopic (exact) mass is 578 g/mol. The lowest BCUT2D eigenvalue weighted by molar-refractivity contribution is -0.127. The number of para-hydroxylation sites is 1. The number of halogens is 1. The summed E-state index contributed by atoms with van der Waals surface area (Å²) >= 11 is 1.59. The van der Waals surface area contributed by atoms with Crippen molar-refractivity contribution in [3.05, 3.63) is 59.7 Å². The molecule has 0 spiro atoms. The zero-order chi connectivity index (χ0) is 27.9. The molecule has 10 heteroatoms. The number of thioether (sulfide) groups is 1. The molecular weight excluding hydrogens is 536 g/mol. The summed E-state index contributed by atoms with van der Waals surface area (Å²) in [4.78, 5) is 38.1. The Morgan fingerprint density at radius 1 is 1.00 bits per heavy atom. The average molecular weight is 579 g/mol. The topological polar surface area (TPSA) is 134 Å². The number of nitrogens with one attached hydrogen (secondary N) is 3. The quantitative estimate of drug-likeness (QED) is 0.204. The lowest BCUT2D eigenvalue weighted by Crippen LogP contribution is -2.50. The van der Waals surface area contributed by atoms with E-state index in [0.29, 0.717) is 49.6 Å². The highest BCUT2D eigenvalue weighted by Gasteiger charge is 2.24. The first-order valence-corrected chi connectivity index (χ1v) is 14.6. The Labute approximate surface area is 242 Å². The number of nitrogens with two attached hydrogens (primary N) is 1. The van der Waals surface area contributed by atoms with Gasteiger partial charge in [0.25, 0.3) is 0 Å². The summed E-state index contributed by atoms with van der Waals surface area (Å²) in [7, 11) is 0. The summed E-state index contributed by atoms with van der Waals surface area (Å²) in [5.74, 6) is 0.713. The van der Waals surface area contributed by atoms with E-state index in [-0.39, 0.29) is 36.4 Å². The van der Waals surface area contributed by atoms with Gasteiger partial charge < -0.3 is 26.8 Å². The first-order valence-electron chi connectivity index (χ1n) is 13.2. The summed E-state index contributed by atoms with van der Waals surface area (Å²) in [5.41, 5.74) is 8.55. The molecule has 0 aliphatic heterocycles. The minimum Gasteiger partial charge on any atom is -0.508 e. The van der Waals surface area contributed by atoms with E-state index in [0.717, 1.165) is 17.5 Å². The maximum Gasteiger partial charge on any atom is 0.246 e. The summed E-state index contributed by atoms with van der Waals surface area (Å²) < 4.78 is 0. The Hall–Kier alpha value is -2.75. The summed E-state index contributed by atoms with van der Waals surface area (Å²) in [6, 6.07) is 12.5. The van der Waals surface area contributed by atoms with Crippen molar-refractivity contribution in [2.24, 2.45) is 11.7 Å². The van der Waals surface area contributed by atoms with Gasteiger partial charge >= 0.3 is 0 Å². The molecule has 0 saturated heterocycles. The van der Waals surface area contributed by atoms with E-state index in [2.05, 4.69) is 29.8 Å². The highest BCUT2D eigenvalue weighted by atomic mass is 35.5. The van der Waals surface area contributed by atoms with Crippen LogP contribution in [0.5, 0.6) is 5.75 Å². The van der Waals surface area contributed by atoms with Gasteiger partial charge in [-0.25, -0.2) is 0 Å². The van der Waals surface area contributed by atoms with Crippen LogP contribution in [0.2, 0.25) is 0 Å². The van der Waals surface area contributed by atoms with Gasteiger partial charge in [0.15, 0.2) is 0 Å². The number of rotatable bonds is 16. The summed E-state index contributed by atoms with van der Waals surface area (Å²) in [6.07, 6.45) is 5.39. The van der Waals surface area contributed by atoms with Crippen molar-refractivity contribution in [1.82, 2.24) is 10.6 Å².